The van der Waals surface area contributed by atoms with Gasteiger partial charge in [-0.3, -0.25) is 4.79 Å². The third-order valence-corrected chi connectivity index (χ3v) is 3.29. The van der Waals surface area contributed by atoms with Crippen LogP contribution in [-0.4, -0.2) is 16.0 Å². The number of carbonyl (C=O) groups excluding carboxylic acids is 1. The maximum atomic E-state index is 12.2. The topological polar surface area (TPSA) is 57.5 Å². The van der Waals surface area contributed by atoms with Crippen molar-refractivity contribution in [3.05, 3.63) is 64.7 Å². The number of hydrogen-bond donors (Lipinski definition) is 2. The molecule has 0 aromatic heterocycles. The van der Waals surface area contributed by atoms with Gasteiger partial charge in [-0.2, -0.15) is 0 Å². The Balaban J connectivity index is 2.05. The summed E-state index contributed by atoms with van der Waals surface area (Å²) in [5.74, 6) is -0.0116. The maximum absolute atomic E-state index is 12.2. The average molecular weight is 252 g/mol. The second-order valence-electron chi connectivity index (χ2n) is 4.55. The predicted octanol–water partition coefficient (Wildman–Crippen LogP) is 2.92. The van der Waals surface area contributed by atoms with Gasteiger partial charge in [-0.25, -0.2) is 0 Å². The van der Waals surface area contributed by atoms with Crippen LogP contribution >= 0.6 is 0 Å². The van der Waals surface area contributed by atoms with E-state index in [0.29, 0.717) is 23.1 Å². The second kappa shape index (κ2) is 4.28. The van der Waals surface area contributed by atoms with Crippen LogP contribution in [0.25, 0.3) is 6.08 Å². The third-order valence-electron chi connectivity index (χ3n) is 3.29. The number of rotatable bonds is 1. The van der Waals surface area contributed by atoms with E-state index in [1.165, 1.54) is 6.07 Å². The molecule has 0 saturated heterocycles. The summed E-state index contributed by atoms with van der Waals surface area (Å²) in [7, 11) is 0. The van der Waals surface area contributed by atoms with Crippen molar-refractivity contribution in [2.75, 3.05) is 0 Å². The molecule has 19 heavy (non-hydrogen) atoms. The molecule has 0 spiro atoms. The molecule has 2 aromatic carbocycles. The smallest absolute Gasteiger partial charge is 0.193 e. The van der Waals surface area contributed by atoms with E-state index in [4.69, 9.17) is 0 Å². The summed E-state index contributed by atoms with van der Waals surface area (Å²) in [5, 5.41) is 19.5. The molecule has 94 valence electrons. The maximum Gasteiger partial charge on any atom is 0.193 e. The highest BCUT2D eigenvalue weighted by Crippen LogP contribution is 2.34. The molecular formula is C16H12O3. The van der Waals surface area contributed by atoms with Crippen molar-refractivity contribution < 1.29 is 15.0 Å². The zero-order chi connectivity index (χ0) is 13.4. The van der Waals surface area contributed by atoms with Crippen LogP contribution in [0.5, 0.6) is 11.5 Å². The molecule has 0 fully saturated rings. The van der Waals surface area contributed by atoms with Gasteiger partial charge in [0.05, 0.1) is 5.56 Å². The summed E-state index contributed by atoms with van der Waals surface area (Å²) in [6.45, 7) is 0. The minimum atomic E-state index is -0.170. The summed E-state index contributed by atoms with van der Waals surface area (Å²) >= 11 is 0. The molecule has 0 heterocycles. The van der Waals surface area contributed by atoms with E-state index >= 15 is 0 Å². The number of Topliss-reactive ketones (excluding diaryl/α,β-unsaturated/α-hetero) is 1. The Hall–Kier alpha value is -2.55. The van der Waals surface area contributed by atoms with E-state index in [1.54, 1.807) is 36.4 Å². The monoisotopic (exact) mass is 252 g/mol. The van der Waals surface area contributed by atoms with Crippen LogP contribution < -0.4 is 0 Å². The molecule has 3 rings (SSSR count). The second-order valence-corrected chi connectivity index (χ2v) is 4.55. The zero-order valence-electron chi connectivity index (χ0n) is 10.1. The number of fused-ring (bicyclic) bond motifs is 1. The molecule has 0 saturated carbocycles. The first-order chi connectivity index (χ1) is 9.16. The normalized spacial score (nSPS) is 15.8. The lowest BCUT2D eigenvalue weighted by Crippen LogP contribution is -1.95. The molecule has 0 atom stereocenters. The van der Waals surface area contributed by atoms with Crippen molar-refractivity contribution in [2.45, 2.75) is 6.42 Å². The van der Waals surface area contributed by atoms with Gasteiger partial charge in [0, 0.05) is 17.6 Å². The number of ketones is 1. The minimum absolute atomic E-state index is 0.0168. The number of carbonyl (C=O) groups is 1. The molecule has 0 unspecified atom stereocenters. The van der Waals surface area contributed by atoms with Crippen LogP contribution in [-0.2, 0) is 6.42 Å². The van der Waals surface area contributed by atoms with Gasteiger partial charge in [0.15, 0.2) is 5.78 Å². The van der Waals surface area contributed by atoms with Crippen molar-refractivity contribution in [3.8, 4) is 11.5 Å². The zero-order valence-corrected chi connectivity index (χ0v) is 10.1. The van der Waals surface area contributed by atoms with Crippen LogP contribution in [0, 0.1) is 0 Å². The fourth-order valence-corrected chi connectivity index (χ4v) is 2.36. The molecule has 2 aromatic rings. The standard InChI is InChI=1S/C16H12O3/c17-13-6-2-1-4-10(13)8-12-9-11-5-3-7-14(18)15(11)16(12)19/h1-8,17-18H,9H2/b12-8+. The first kappa shape index (κ1) is 11.5. The van der Waals surface area contributed by atoms with Gasteiger partial charge < -0.3 is 10.2 Å². The van der Waals surface area contributed by atoms with Crippen molar-refractivity contribution in [3.63, 3.8) is 0 Å². The van der Waals surface area contributed by atoms with Crippen molar-refractivity contribution in [1.82, 2.24) is 0 Å². The van der Waals surface area contributed by atoms with Crippen LogP contribution in [0.15, 0.2) is 48.0 Å². The Bertz CT molecular complexity index is 699. The molecule has 1 aliphatic rings. The van der Waals surface area contributed by atoms with Gasteiger partial charge in [0.2, 0.25) is 0 Å². The molecule has 0 amide bonds. The lowest BCUT2D eigenvalue weighted by atomic mass is 10.1. The molecule has 0 radical (unpaired) electrons. The quantitative estimate of drug-likeness (QED) is 0.767. The molecule has 3 heteroatoms. The van der Waals surface area contributed by atoms with E-state index in [9.17, 15) is 15.0 Å². The summed E-state index contributed by atoms with van der Waals surface area (Å²) in [5.41, 5.74) is 2.40. The van der Waals surface area contributed by atoms with E-state index in [0.717, 1.165) is 5.56 Å². The Morgan fingerprint density at radius 1 is 0.947 bits per heavy atom. The van der Waals surface area contributed by atoms with E-state index in [2.05, 4.69) is 0 Å². The Labute approximate surface area is 110 Å². The summed E-state index contributed by atoms with van der Waals surface area (Å²) in [6, 6.07) is 11.9. The first-order valence-electron chi connectivity index (χ1n) is 6.01. The number of aromatic hydroxyl groups is 2. The van der Waals surface area contributed by atoms with Gasteiger partial charge in [0.1, 0.15) is 11.5 Å². The number of hydrogen-bond acceptors (Lipinski definition) is 3. The number of phenols is 2. The molecule has 0 bridgehead atoms. The van der Waals surface area contributed by atoms with Crippen molar-refractivity contribution in [2.24, 2.45) is 0 Å². The third kappa shape index (κ3) is 1.89. The molecule has 2 N–H and O–H groups in total. The minimum Gasteiger partial charge on any atom is -0.507 e. The number of allylic oxidation sites excluding steroid dienone is 1. The predicted molar refractivity (Wildman–Crippen MR) is 72.2 cm³/mol. The highest BCUT2D eigenvalue weighted by Gasteiger charge is 2.27. The number of benzene rings is 2. The Morgan fingerprint density at radius 2 is 1.68 bits per heavy atom. The average Bonchev–Trinajstić information content (AvgIpc) is 2.71. The van der Waals surface area contributed by atoms with Crippen LogP contribution in [0.1, 0.15) is 21.5 Å². The van der Waals surface area contributed by atoms with E-state index < -0.39 is 0 Å². The van der Waals surface area contributed by atoms with E-state index in [-0.39, 0.29) is 17.3 Å². The number of phenolic OH excluding ortho intramolecular Hbond substituents is 2. The van der Waals surface area contributed by atoms with Crippen LogP contribution in [0.3, 0.4) is 0 Å². The SMILES string of the molecule is O=C1/C(=C/c2ccccc2O)Cc2cccc(O)c21. The first-order valence-corrected chi connectivity index (χ1v) is 6.01. The fourth-order valence-electron chi connectivity index (χ4n) is 2.36. The van der Waals surface area contributed by atoms with Gasteiger partial charge in [-0.1, -0.05) is 30.3 Å². The number of para-hydroxylation sites is 1. The van der Waals surface area contributed by atoms with Gasteiger partial charge in [-0.15, -0.1) is 0 Å². The largest absolute Gasteiger partial charge is 0.507 e. The molecular weight excluding hydrogens is 240 g/mol. The molecule has 0 aliphatic heterocycles. The summed E-state index contributed by atoms with van der Waals surface area (Å²) < 4.78 is 0. The molecule has 3 nitrogen and oxygen atoms in total. The van der Waals surface area contributed by atoms with E-state index in [1.807, 2.05) is 6.07 Å². The van der Waals surface area contributed by atoms with Gasteiger partial charge in [0.25, 0.3) is 0 Å². The van der Waals surface area contributed by atoms with Gasteiger partial charge in [-0.05, 0) is 23.8 Å². The lowest BCUT2D eigenvalue weighted by molar-refractivity contribution is 0.103. The van der Waals surface area contributed by atoms with Crippen LogP contribution in [0.4, 0.5) is 0 Å². The lowest BCUT2D eigenvalue weighted by Gasteiger charge is -2.00. The molecule has 1 aliphatic carbocycles. The van der Waals surface area contributed by atoms with Crippen molar-refractivity contribution >= 4 is 11.9 Å². The Morgan fingerprint density at radius 3 is 2.42 bits per heavy atom. The fraction of sp³-hybridized carbons (Fsp3) is 0.0625. The summed E-state index contributed by atoms with van der Waals surface area (Å²) in [4.78, 5) is 12.2. The highest BCUT2D eigenvalue weighted by atomic mass is 16.3. The summed E-state index contributed by atoms with van der Waals surface area (Å²) in [6.07, 6.45) is 2.16. The van der Waals surface area contributed by atoms with Gasteiger partial charge >= 0.3 is 0 Å². The van der Waals surface area contributed by atoms with Crippen LogP contribution in [0.2, 0.25) is 0 Å². The van der Waals surface area contributed by atoms with Crippen molar-refractivity contribution in [1.29, 1.82) is 0 Å². The Kier molecular flexibility index (Phi) is 2.60. The highest BCUT2D eigenvalue weighted by molar-refractivity contribution is 6.17.